The van der Waals surface area contributed by atoms with E-state index in [1.807, 2.05) is 0 Å². The number of benzene rings is 2. The topological polar surface area (TPSA) is 104 Å². The van der Waals surface area contributed by atoms with Crippen molar-refractivity contribution in [3.8, 4) is 22.0 Å². The number of amides is 1. The van der Waals surface area contributed by atoms with Crippen LogP contribution in [0.5, 0.6) is 0 Å². The summed E-state index contributed by atoms with van der Waals surface area (Å²) in [4.78, 5) is 34.3. The Labute approximate surface area is 223 Å². The maximum Gasteiger partial charge on any atom is 0.439 e. The summed E-state index contributed by atoms with van der Waals surface area (Å²) in [5, 5.41) is 7.42. The fourth-order valence-corrected chi connectivity index (χ4v) is 5.55. The number of aryl methyl sites for hydroxylation is 1. The molecule has 0 aliphatic carbocycles. The van der Waals surface area contributed by atoms with Crippen LogP contribution in [0.2, 0.25) is 5.02 Å². The number of halogens is 4. The lowest BCUT2D eigenvalue weighted by atomic mass is 10.1. The molecule has 1 aliphatic rings. The van der Waals surface area contributed by atoms with E-state index in [0.717, 1.165) is 61.5 Å². The van der Waals surface area contributed by atoms with Gasteiger partial charge < -0.3 is 10.2 Å². The molecule has 0 spiro atoms. The van der Waals surface area contributed by atoms with E-state index in [0.29, 0.717) is 32.5 Å². The largest absolute Gasteiger partial charge is 0.439 e. The van der Waals surface area contributed by atoms with Crippen LogP contribution in [0.15, 0.2) is 45.7 Å². The number of piperidine rings is 1. The molecule has 8 nitrogen and oxygen atoms in total. The van der Waals surface area contributed by atoms with Crippen molar-refractivity contribution in [2.45, 2.75) is 32.4 Å². The Morgan fingerprint density at radius 1 is 1.16 bits per heavy atom. The molecule has 0 unspecified atom stereocenters. The Morgan fingerprint density at radius 2 is 1.87 bits per heavy atom. The predicted octanol–water partition coefficient (Wildman–Crippen LogP) is 6.38. The summed E-state index contributed by atoms with van der Waals surface area (Å²) < 4.78 is 43.4. The number of aromatic amines is 1. The van der Waals surface area contributed by atoms with E-state index in [2.05, 4.69) is 29.9 Å². The van der Waals surface area contributed by atoms with Crippen molar-refractivity contribution in [1.82, 2.24) is 15.1 Å². The monoisotopic (exact) mass is 563 g/mol. The first-order chi connectivity index (χ1) is 18.1. The Hall–Kier alpha value is -3.64. The van der Waals surface area contributed by atoms with Gasteiger partial charge in [0.15, 0.2) is 5.82 Å². The van der Waals surface area contributed by atoms with Gasteiger partial charge in [-0.25, -0.2) is 9.78 Å². The molecule has 0 bridgehead atoms. The number of alkyl halides is 3. The molecule has 1 amide bonds. The molecule has 2 N–H and O–H groups in total. The van der Waals surface area contributed by atoms with Crippen LogP contribution in [0.25, 0.3) is 22.0 Å². The third-order valence-electron chi connectivity index (χ3n) is 6.19. The number of aromatic nitrogens is 3. The van der Waals surface area contributed by atoms with Crippen molar-refractivity contribution in [2.24, 2.45) is 0 Å². The van der Waals surface area contributed by atoms with Gasteiger partial charge in [-0.2, -0.15) is 13.2 Å². The highest BCUT2D eigenvalue weighted by Gasteiger charge is 2.30. The second kappa shape index (κ2) is 10.3. The molecule has 1 aliphatic heterocycles. The van der Waals surface area contributed by atoms with Gasteiger partial charge in [0.2, 0.25) is 0 Å². The van der Waals surface area contributed by atoms with Crippen LogP contribution in [-0.2, 0) is 6.18 Å². The first-order valence-corrected chi connectivity index (χ1v) is 12.9. The van der Waals surface area contributed by atoms with Crippen molar-refractivity contribution in [1.29, 1.82) is 0 Å². The SMILES string of the molecule is Cc1nc(-c2ccc(C(F)(F)F)cc2)sc1C(=O)Nc1cc(Cl)c(N2CCCCC2)cc1-c1noc(=O)[nH]1. The van der Waals surface area contributed by atoms with Crippen LogP contribution < -0.4 is 16.0 Å². The number of hydrogen-bond donors (Lipinski definition) is 2. The van der Waals surface area contributed by atoms with E-state index in [4.69, 9.17) is 11.6 Å². The molecule has 4 aromatic rings. The van der Waals surface area contributed by atoms with Crippen molar-refractivity contribution in [3.63, 3.8) is 0 Å². The molecule has 198 valence electrons. The van der Waals surface area contributed by atoms with Gasteiger partial charge >= 0.3 is 11.9 Å². The predicted molar refractivity (Wildman–Crippen MR) is 139 cm³/mol. The quantitative estimate of drug-likeness (QED) is 0.292. The molecule has 38 heavy (non-hydrogen) atoms. The standard InChI is InChI=1S/C25H21ClF3N5O3S/c1-13-20(38-23(30-13)14-5-7-15(8-6-14)25(27,28)29)22(35)31-18-12-17(26)19(34-9-3-2-4-10-34)11-16(18)21-32-24(36)37-33-21/h5-8,11-12H,2-4,9-10H2,1H3,(H,31,35)(H,32,33,36). The molecule has 3 heterocycles. The van der Waals surface area contributed by atoms with Gasteiger partial charge in [0.05, 0.1) is 27.7 Å². The van der Waals surface area contributed by atoms with Crippen molar-refractivity contribution in [2.75, 3.05) is 23.3 Å². The highest BCUT2D eigenvalue weighted by Crippen LogP contribution is 2.38. The lowest BCUT2D eigenvalue weighted by molar-refractivity contribution is -0.137. The van der Waals surface area contributed by atoms with Crippen molar-refractivity contribution in [3.05, 3.63) is 68.1 Å². The lowest BCUT2D eigenvalue weighted by Crippen LogP contribution is -2.29. The van der Waals surface area contributed by atoms with Gasteiger partial charge in [0, 0.05) is 24.2 Å². The molecule has 5 rings (SSSR count). The third kappa shape index (κ3) is 5.32. The lowest BCUT2D eigenvalue weighted by Gasteiger charge is -2.30. The van der Waals surface area contributed by atoms with E-state index in [9.17, 15) is 22.8 Å². The van der Waals surface area contributed by atoms with E-state index in [1.54, 1.807) is 19.1 Å². The smallest absolute Gasteiger partial charge is 0.370 e. The van der Waals surface area contributed by atoms with E-state index < -0.39 is 23.4 Å². The van der Waals surface area contributed by atoms with Gasteiger partial charge in [-0.3, -0.25) is 14.3 Å². The van der Waals surface area contributed by atoms with Crippen molar-refractivity contribution < 1.29 is 22.5 Å². The zero-order chi connectivity index (χ0) is 27.0. The number of nitrogens with zero attached hydrogens (tertiary/aromatic N) is 3. The van der Waals surface area contributed by atoms with Crippen molar-refractivity contribution >= 4 is 40.2 Å². The molecule has 0 radical (unpaired) electrons. The minimum absolute atomic E-state index is 0.131. The Morgan fingerprint density at radius 3 is 2.50 bits per heavy atom. The minimum Gasteiger partial charge on any atom is -0.370 e. The van der Waals surface area contributed by atoms with Gasteiger partial charge in [0.1, 0.15) is 9.88 Å². The second-order valence-electron chi connectivity index (χ2n) is 8.80. The van der Waals surface area contributed by atoms with Gasteiger partial charge in [-0.1, -0.05) is 28.9 Å². The molecule has 2 aromatic carbocycles. The highest BCUT2D eigenvalue weighted by molar-refractivity contribution is 7.17. The van der Waals surface area contributed by atoms with E-state index in [1.165, 1.54) is 12.1 Å². The number of nitrogens with one attached hydrogen (secondary N) is 2. The van der Waals surface area contributed by atoms with Crippen LogP contribution >= 0.6 is 22.9 Å². The van der Waals surface area contributed by atoms with Crippen LogP contribution in [0, 0.1) is 6.92 Å². The summed E-state index contributed by atoms with van der Waals surface area (Å²) in [6.07, 6.45) is -1.26. The number of thiazole rings is 1. The average molecular weight is 564 g/mol. The van der Waals surface area contributed by atoms with Gasteiger partial charge in [-0.15, -0.1) is 11.3 Å². The highest BCUT2D eigenvalue weighted by atomic mass is 35.5. The fraction of sp³-hybridized carbons (Fsp3) is 0.280. The molecule has 0 saturated carbocycles. The summed E-state index contributed by atoms with van der Waals surface area (Å²) in [5.41, 5.74) is 1.57. The number of carbonyl (C=O) groups is 1. The van der Waals surface area contributed by atoms with E-state index >= 15 is 0 Å². The number of hydrogen-bond acceptors (Lipinski definition) is 7. The summed E-state index contributed by atoms with van der Waals surface area (Å²) in [7, 11) is 0. The normalized spacial score (nSPS) is 14.1. The van der Waals surface area contributed by atoms with E-state index in [-0.39, 0.29) is 10.7 Å². The van der Waals surface area contributed by atoms with Crippen LogP contribution in [0.3, 0.4) is 0 Å². The molecule has 0 atom stereocenters. The zero-order valence-electron chi connectivity index (χ0n) is 20.0. The average Bonchev–Trinajstić information content (AvgIpc) is 3.50. The third-order valence-corrected chi connectivity index (χ3v) is 7.70. The summed E-state index contributed by atoms with van der Waals surface area (Å²) in [6.45, 7) is 3.29. The molecule has 1 fully saturated rings. The number of carbonyl (C=O) groups excluding carboxylic acids is 1. The molecule has 13 heteroatoms. The maximum atomic E-state index is 13.3. The minimum atomic E-state index is -4.45. The summed E-state index contributed by atoms with van der Waals surface area (Å²) >= 11 is 7.67. The Kier molecular flexibility index (Phi) is 7.01. The van der Waals surface area contributed by atoms with Gasteiger partial charge in [-0.05, 0) is 50.5 Å². The number of anilines is 2. The number of rotatable bonds is 5. The Bertz CT molecular complexity index is 1540. The van der Waals surface area contributed by atoms with Crippen LogP contribution in [0.1, 0.15) is 40.2 Å². The fourth-order valence-electron chi connectivity index (χ4n) is 4.30. The van der Waals surface area contributed by atoms with Gasteiger partial charge in [0.25, 0.3) is 5.91 Å². The Balaban J connectivity index is 1.46. The van der Waals surface area contributed by atoms with Crippen LogP contribution in [0.4, 0.5) is 24.5 Å². The van der Waals surface area contributed by atoms with Crippen LogP contribution in [-0.4, -0.2) is 34.1 Å². The second-order valence-corrected chi connectivity index (χ2v) is 10.2. The first-order valence-electron chi connectivity index (χ1n) is 11.7. The molecule has 1 saturated heterocycles. The first kappa shape index (κ1) is 26.0. The molecular formula is C25H21ClF3N5O3S. The maximum absolute atomic E-state index is 13.3. The summed E-state index contributed by atoms with van der Waals surface area (Å²) in [6, 6.07) is 7.94. The molecular weight excluding hydrogens is 543 g/mol. The molecule has 2 aromatic heterocycles. The number of H-pyrrole nitrogens is 1. The zero-order valence-corrected chi connectivity index (χ0v) is 21.6. The summed E-state index contributed by atoms with van der Waals surface area (Å²) in [5.74, 6) is -1.11.